The predicted octanol–water partition coefficient (Wildman–Crippen LogP) is 6.38. The van der Waals surface area contributed by atoms with E-state index in [4.69, 9.17) is 0 Å². The van der Waals surface area contributed by atoms with Crippen LogP contribution in [0.5, 0.6) is 0 Å². The molecule has 2 aromatic carbocycles. The van der Waals surface area contributed by atoms with Crippen molar-refractivity contribution in [2.45, 2.75) is 66.2 Å². The minimum Gasteiger partial charge on any atom is -0.207 e. The third-order valence-electron chi connectivity index (χ3n) is 5.79. The van der Waals surface area contributed by atoms with Gasteiger partial charge in [0.25, 0.3) is 0 Å². The van der Waals surface area contributed by atoms with Crippen molar-refractivity contribution in [3.63, 3.8) is 0 Å². The number of benzene rings is 2. The summed E-state index contributed by atoms with van der Waals surface area (Å²) < 4.78 is 13.2. The van der Waals surface area contributed by atoms with E-state index in [1.807, 2.05) is 13.0 Å². The lowest BCUT2D eigenvalue weighted by atomic mass is 9.84. The van der Waals surface area contributed by atoms with E-state index in [2.05, 4.69) is 39.0 Å². The Labute approximate surface area is 152 Å². The molecule has 0 bridgehead atoms. The lowest BCUT2D eigenvalue weighted by molar-refractivity contribution is 0.496. The Morgan fingerprint density at radius 2 is 1.36 bits per heavy atom. The fraction of sp³-hybridized carbons (Fsp3) is 0.500. The van der Waals surface area contributed by atoms with Crippen molar-refractivity contribution < 1.29 is 4.39 Å². The second-order valence-electron chi connectivity index (χ2n) is 8.34. The van der Waals surface area contributed by atoms with Crippen LogP contribution in [-0.4, -0.2) is 0 Å². The molecule has 4 rings (SSSR count). The van der Waals surface area contributed by atoms with E-state index in [1.165, 1.54) is 42.4 Å². The Kier molecular flexibility index (Phi) is 5.61. The van der Waals surface area contributed by atoms with Gasteiger partial charge in [-0.1, -0.05) is 43.7 Å². The Morgan fingerprint density at radius 3 is 2.04 bits per heavy atom. The van der Waals surface area contributed by atoms with Crippen LogP contribution in [0.25, 0.3) is 0 Å². The van der Waals surface area contributed by atoms with Gasteiger partial charge in [0, 0.05) is 0 Å². The molecular formula is C24H31F. The van der Waals surface area contributed by atoms with Crippen molar-refractivity contribution in [2.75, 3.05) is 0 Å². The zero-order valence-electron chi connectivity index (χ0n) is 16.2. The highest BCUT2D eigenvalue weighted by atomic mass is 19.1. The average Bonchev–Trinajstić information content (AvgIpc) is 2.57. The summed E-state index contributed by atoms with van der Waals surface area (Å²) in [5, 5.41) is 0. The Bertz CT molecular complexity index is 744. The molecule has 134 valence electrons. The number of halogens is 1. The van der Waals surface area contributed by atoms with Gasteiger partial charge in [-0.05, 0) is 98.1 Å². The number of rotatable bonds is 0. The normalized spacial score (nSPS) is 21.6. The Balaban J connectivity index is 0.000000146. The highest BCUT2D eigenvalue weighted by molar-refractivity contribution is 5.35. The van der Waals surface area contributed by atoms with Gasteiger partial charge >= 0.3 is 0 Å². The molecule has 0 nitrogen and oxygen atoms in total. The van der Waals surface area contributed by atoms with Gasteiger partial charge in [-0.25, -0.2) is 4.39 Å². The minimum atomic E-state index is -0.0483. The zero-order chi connectivity index (χ0) is 18.0. The second-order valence-corrected chi connectivity index (χ2v) is 8.34. The SMILES string of the molecule is Cc1cc2c(cc1F)CC(C)CC2.Cc1ccc2c(c1)CCC(C)C2. The van der Waals surface area contributed by atoms with E-state index >= 15 is 0 Å². The smallest absolute Gasteiger partial charge is 0.126 e. The van der Waals surface area contributed by atoms with Crippen LogP contribution in [0.4, 0.5) is 4.39 Å². The number of hydrogen-bond donors (Lipinski definition) is 0. The van der Waals surface area contributed by atoms with Gasteiger partial charge < -0.3 is 0 Å². The molecule has 0 radical (unpaired) electrons. The van der Waals surface area contributed by atoms with E-state index in [0.29, 0.717) is 0 Å². The van der Waals surface area contributed by atoms with Gasteiger partial charge in [0.05, 0.1) is 0 Å². The molecule has 0 amide bonds. The van der Waals surface area contributed by atoms with Crippen molar-refractivity contribution >= 4 is 0 Å². The van der Waals surface area contributed by atoms with Crippen LogP contribution in [0.1, 0.15) is 60.1 Å². The van der Waals surface area contributed by atoms with E-state index in [9.17, 15) is 4.39 Å². The first kappa shape index (κ1) is 18.2. The van der Waals surface area contributed by atoms with Crippen molar-refractivity contribution in [3.05, 3.63) is 69.5 Å². The second kappa shape index (κ2) is 7.72. The fourth-order valence-corrected chi connectivity index (χ4v) is 4.15. The molecule has 2 atom stereocenters. The van der Waals surface area contributed by atoms with Crippen molar-refractivity contribution in [2.24, 2.45) is 11.8 Å². The number of hydrogen-bond acceptors (Lipinski definition) is 0. The van der Waals surface area contributed by atoms with E-state index in [1.54, 1.807) is 17.2 Å². The van der Waals surface area contributed by atoms with Gasteiger partial charge in [0.2, 0.25) is 0 Å². The highest BCUT2D eigenvalue weighted by Crippen LogP contribution is 2.27. The van der Waals surface area contributed by atoms with Crippen molar-refractivity contribution in [1.82, 2.24) is 0 Å². The molecule has 1 heteroatoms. The first-order valence-electron chi connectivity index (χ1n) is 9.78. The van der Waals surface area contributed by atoms with Crippen LogP contribution in [-0.2, 0) is 25.7 Å². The van der Waals surface area contributed by atoms with E-state index in [0.717, 1.165) is 30.2 Å². The molecule has 2 aliphatic rings. The third-order valence-corrected chi connectivity index (χ3v) is 5.79. The molecule has 0 saturated carbocycles. The quantitative estimate of drug-likeness (QED) is 0.523. The summed E-state index contributed by atoms with van der Waals surface area (Å²) in [6.45, 7) is 8.61. The van der Waals surface area contributed by atoms with E-state index < -0.39 is 0 Å². The standard InChI is InChI=1S/C12H15F.C12H16/c1-8-3-4-10-6-9(2)12(13)7-11(10)5-8;1-9-3-5-12-8-10(2)4-6-11(12)7-9/h6-8H,3-5H2,1-2H3;3,5,7,10H,4,6,8H2,1-2H3. The summed E-state index contributed by atoms with van der Waals surface area (Å²) in [5.41, 5.74) is 7.95. The van der Waals surface area contributed by atoms with Gasteiger partial charge in [0.15, 0.2) is 0 Å². The fourth-order valence-electron chi connectivity index (χ4n) is 4.15. The first-order valence-corrected chi connectivity index (χ1v) is 9.78. The Hall–Kier alpha value is -1.63. The molecule has 0 fully saturated rings. The van der Waals surface area contributed by atoms with Crippen molar-refractivity contribution in [3.8, 4) is 0 Å². The van der Waals surface area contributed by atoms with Crippen molar-refractivity contribution in [1.29, 1.82) is 0 Å². The molecule has 0 heterocycles. The molecule has 2 aliphatic carbocycles. The van der Waals surface area contributed by atoms with Crippen LogP contribution in [0, 0.1) is 31.5 Å². The molecule has 0 spiro atoms. The maximum Gasteiger partial charge on any atom is 0.126 e. The van der Waals surface area contributed by atoms with Gasteiger partial charge in [-0.3, -0.25) is 0 Å². The summed E-state index contributed by atoms with van der Waals surface area (Å²) >= 11 is 0. The minimum absolute atomic E-state index is 0.0483. The maximum atomic E-state index is 13.2. The first-order chi connectivity index (χ1) is 11.9. The molecule has 0 saturated heterocycles. The maximum absolute atomic E-state index is 13.2. The molecule has 0 aromatic heterocycles. The molecule has 0 aliphatic heterocycles. The molecule has 25 heavy (non-hydrogen) atoms. The Morgan fingerprint density at radius 1 is 0.760 bits per heavy atom. The summed E-state index contributed by atoms with van der Waals surface area (Å²) in [7, 11) is 0. The zero-order valence-corrected chi connectivity index (χ0v) is 16.2. The number of aryl methyl sites for hydroxylation is 4. The van der Waals surface area contributed by atoms with Gasteiger partial charge in [-0.15, -0.1) is 0 Å². The molecule has 0 N–H and O–H groups in total. The average molecular weight is 339 g/mol. The summed E-state index contributed by atoms with van der Waals surface area (Å²) in [5.74, 6) is 1.56. The third kappa shape index (κ3) is 4.51. The van der Waals surface area contributed by atoms with Crippen LogP contribution in [0.3, 0.4) is 0 Å². The summed E-state index contributed by atoms with van der Waals surface area (Å²) in [6, 6.07) is 10.6. The monoisotopic (exact) mass is 338 g/mol. The lowest BCUT2D eigenvalue weighted by Crippen LogP contribution is -2.11. The van der Waals surface area contributed by atoms with Gasteiger partial charge in [-0.2, -0.15) is 0 Å². The molecule has 2 unspecified atom stereocenters. The summed E-state index contributed by atoms with van der Waals surface area (Å²) in [4.78, 5) is 0. The van der Waals surface area contributed by atoms with Crippen LogP contribution in [0.2, 0.25) is 0 Å². The largest absolute Gasteiger partial charge is 0.207 e. The van der Waals surface area contributed by atoms with Gasteiger partial charge in [0.1, 0.15) is 5.82 Å². The summed E-state index contributed by atoms with van der Waals surface area (Å²) in [6.07, 6.45) is 7.37. The molecule has 2 aromatic rings. The predicted molar refractivity (Wildman–Crippen MR) is 105 cm³/mol. The van der Waals surface area contributed by atoms with Crippen LogP contribution >= 0.6 is 0 Å². The highest BCUT2D eigenvalue weighted by Gasteiger charge is 2.16. The molecular weight excluding hydrogens is 307 g/mol. The van der Waals surface area contributed by atoms with Crippen LogP contribution < -0.4 is 0 Å². The lowest BCUT2D eigenvalue weighted by Gasteiger charge is -2.21. The topological polar surface area (TPSA) is 0 Å². The van der Waals surface area contributed by atoms with Crippen LogP contribution in [0.15, 0.2) is 30.3 Å². The number of fused-ring (bicyclic) bond motifs is 2. The van der Waals surface area contributed by atoms with E-state index in [-0.39, 0.29) is 5.82 Å².